The van der Waals surface area contributed by atoms with Gasteiger partial charge in [-0.15, -0.1) is 0 Å². The molecule has 5 nitrogen and oxygen atoms in total. The average molecular weight is 378 g/mol. The van der Waals surface area contributed by atoms with Crippen molar-refractivity contribution in [3.8, 4) is 0 Å². The van der Waals surface area contributed by atoms with Crippen LogP contribution in [0.25, 0.3) is 0 Å². The normalized spacial score (nSPS) is 10.4. The number of ether oxygens (including phenoxy) is 1. The van der Waals surface area contributed by atoms with E-state index in [0.29, 0.717) is 17.2 Å². The van der Waals surface area contributed by atoms with Crippen LogP contribution < -0.4 is 16.2 Å². The molecule has 132 valence electrons. The molecule has 2 aromatic rings. The summed E-state index contributed by atoms with van der Waals surface area (Å²) in [7, 11) is 0. The summed E-state index contributed by atoms with van der Waals surface area (Å²) in [5.74, 6) is -0.281. The average Bonchev–Trinajstić information content (AvgIpc) is 2.60. The van der Waals surface area contributed by atoms with Crippen LogP contribution in [0.3, 0.4) is 0 Å². The van der Waals surface area contributed by atoms with Gasteiger partial charge in [0.2, 0.25) is 0 Å². The first-order chi connectivity index (χ1) is 11.9. The molecule has 0 fully saturated rings. The zero-order valence-corrected chi connectivity index (χ0v) is 15.6. The van der Waals surface area contributed by atoms with Crippen molar-refractivity contribution in [2.45, 2.75) is 26.6 Å². The molecule has 25 heavy (non-hydrogen) atoms. The summed E-state index contributed by atoms with van der Waals surface area (Å²) < 4.78 is 5.52. The largest absolute Gasteiger partial charge is 0.374 e. The Morgan fingerprint density at radius 2 is 1.72 bits per heavy atom. The van der Waals surface area contributed by atoms with Gasteiger partial charge in [0.25, 0.3) is 5.91 Å². The SMILES string of the molecule is CC(C)OCc1ccc(C(=O)NNC(=S)Nc2ccc(Cl)cc2)cc1. The van der Waals surface area contributed by atoms with E-state index in [0.717, 1.165) is 11.3 Å². The van der Waals surface area contributed by atoms with Crippen molar-refractivity contribution >= 4 is 40.5 Å². The van der Waals surface area contributed by atoms with E-state index in [-0.39, 0.29) is 17.1 Å². The molecule has 1 amide bonds. The van der Waals surface area contributed by atoms with Gasteiger partial charge < -0.3 is 10.1 Å². The highest BCUT2D eigenvalue weighted by Gasteiger charge is 2.06. The van der Waals surface area contributed by atoms with E-state index < -0.39 is 0 Å². The molecular weight excluding hydrogens is 358 g/mol. The molecule has 0 radical (unpaired) electrons. The van der Waals surface area contributed by atoms with Gasteiger partial charge in [-0.1, -0.05) is 23.7 Å². The number of rotatable bonds is 5. The molecular formula is C18H20ClN3O2S. The van der Waals surface area contributed by atoms with Gasteiger partial charge in [0, 0.05) is 16.3 Å². The van der Waals surface area contributed by atoms with Crippen molar-refractivity contribution in [3.63, 3.8) is 0 Å². The van der Waals surface area contributed by atoms with E-state index in [1.807, 2.05) is 26.0 Å². The van der Waals surface area contributed by atoms with E-state index in [1.165, 1.54) is 0 Å². The van der Waals surface area contributed by atoms with Crippen molar-refractivity contribution in [2.24, 2.45) is 0 Å². The molecule has 0 spiro atoms. The third-order valence-corrected chi connectivity index (χ3v) is 3.65. The van der Waals surface area contributed by atoms with Crippen LogP contribution in [-0.4, -0.2) is 17.1 Å². The topological polar surface area (TPSA) is 62.4 Å². The van der Waals surface area contributed by atoms with Gasteiger partial charge in [0.1, 0.15) is 0 Å². The maximum Gasteiger partial charge on any atom is 0.269 e. The van der Waals surface area contributed by atoms with Crippen molar-refractivity contribution in [3.05, 3.63) is 64.7 Å². The lowest BCUT2D eigenvalue weighted by Crippen LogP contribution is -2.43. The third-order valence-electron chi connectivity index (χ3n) is 3.19. The summed E-state index contributed by atoms with van der Waals surface area (Å²) in [5, 5.41) is 3.86. The maximum absolute atomic E-state index is 12.1. The Balaban J connectivity index is 1.81. The smallest absolute Gasteiger partial charge is 0.269 e. The van der Waals surface area contributed by atoms with E-state index in [4.69, 9.17) is 28.6 Å². The summed E-state index contributed by atoms with van der Waals surface area (Å²) in [6.07, 6.45) is 0.168. The van der Waals surface area contributed by atoms with Crippen LogP contribution in [0.1, 0.15) is 29.8 Å². The molecule has 0 bridgehead atoms. The van der Waals surface area contributed by atoms with Crippen LogP contribution in [0, 0.1) is 0 Å². The molecule has 0 saturated heterocycles. The summed E-state index contributed by atoms with van der Waals surface area (Å²) in [5.41, 5.74) is 7.52. The minimum absolute atomic E-state index is 0.168. The predicted octanol–water partition coefficient (Wildman–Crippen LogP) is 3.90. The molecule has 7 heteroatoms. The second-order valence-electron chi connectivity index (χ2n) is 5.60. The molecule has 0 aromatic heterocycles. The Bertz CT molecular complexity index is 718. The summed E-state index contributed by atoms with van der Waals surface area (Å²) >= 11 is 11.0. The van der Waals surface area contributed by atoms with Crippen LogP contribution in [0.15, 0.2) is 48.5 Å². The number of hydrogen-bond acceptors (Lipinski definition) is 3. The number of benzene rings is 2. The lowest BCUT2D eigenvalue weighted by atomic mass is 10.1. The molecule has 0 aliphatic carbocycles. The molecule has 0 aliphatic heterocycles. The molecule has 2 aromatic carbocycles. The number of carbonyl (C=O) groups excluding carboxylic acids is 1. The van der Waals surface area contributed by atoms with E-state index in [1.54, 1.807) is 36.4 Å². The monoisotopic (exact) mass is 377 g/mol. The highest BCUT2D eigenvalue weighted by atomic mass is 35.5. The van der Waals surface area contributed by atoms with Crippen LogP contribution in [-0.2, 0) is 11.3 Å². The van der Waals surface area contributed by atoms with Gasteiger partial charge >= 0.3 is 0 Å². The fraction of sp³-hybridized carbons (Fsp3) is 0.222. The van der Waals surface area contributed by atoms with Crippen LogP contribution in [0.2, 0.25) is 5.02 Å². The number of carbonyl (C=O) groups is 1. The Morgan fingerprint density at radius 1 is 1.08 bits per heavy atom. The number of nitrogens with one attached hydrogen (secondary N) is 3. The Hall–Kier alpha value is -2.15. The van der Waals surface area contributed by atoms with Crippen molar-refractivity contribution in [1.82, 2.24) is 10.9 Å². The standard InChI is InChI=1S/C18H20ClN3O2S/c1-12(2)24-11-13-3-5-14(6-4-13)17(23)21-22-18(25)20-16-9-7-15(19)8-10-16/h3-10,12H,11H2,1-2H3,(H,21,23)(H2,20,22,25). The van der Waals surface area contributed by atoms with Gasteiger partial charge in [0.05, 0.1) is 12.7 Å². The minimum Gasteiger partial charge on any atom is -0.374 e. The van der Waals surface area contributed by atoms with Crippen molar-refractivity contribution in [2.75, 3.05) is 5.32 Å². The summed E-state index contributed by atoms with van der Waals surface area (Å²) in [6.45, 7) is 4.48. The first kappa shape index (κ1) is 19.2. The molecule has 0 atom stereocenters. The maximum atomic E-state index is 12.1. The third kappa shape index (κ3) is 6.70. The Kier molecular flexibility index (Phi) is 7.18. The van der Waals surface area contributed by atoms with Gasteiger partial charge in [0.15, 0.2) is 5.11 Å². The highest BCUT2D eigenvalue weighted by molar-refractivity contribution is 7.80. The minimum atomic E-state index is -0.281. The number of anilines is 1. The zero-order valence-electron chi connectivity index (χ0n) is 14.0. The number of hydrazine groups is 1. The summed E-state index contributed by atoms with van der Waals surface area (Å²) in [6, 6.07) is 14.3. The van der Waals surface area contributed by atoms with E-state index in [2.05, 4.69) is 16.2 Å². The van der Waals surface area contributed by atoms with Crippen molar-refractivity contribution < 1.29 is 9.53 Å². The first-order valence-corrected chi connectivity index (χ1v) is 8.56. The lowest BCUT2D eigenvalue weighted by Gasteiger charge is -2.12. The number of halogens is 1. The van der Waals surface area contributed by atoms with Crippen LogP contribution in [0.4, 0.5) is 5.69 Å². The second-order valence-corrected chi connectivity index (χ2v) is 6.44. The summed E-state index contributed by atoms with van der Waals surface area (Å²) in [4.78, 5) is 12.1. The molecule has 0 aliphatic rings. The predicted molar refractivity (Wildman–Crippen MR) is 105 cm³/mol. The fourth-order valence-corrected chi connectivity index (χ4v) is 2.19. The molecule has 3 N–H and O–H groups in total. The highest BCUT2D eigenvalue weighted by Crippen LogP contribution is 2.13. The van der Waals surface area contributed by atoms with Gasteiger partial charge in [-0.2, -0.15) is 0 Å². The zero-order chi connectivity index (χ0) is 18.2. The lowest BCUT2D eigenvalue weighted by molar-refractivity contribution is 0.0656. The molecule has 2 rings (SSSR count). The first-order valence-electron chi connectivity index (χ1n) is 7.77. The molecule has 0 heterocycles. The number of hydrogen-bond donors (Lipinski definition) is 3. The Labute approximate surface area is 157 Å². The van der Waals surface area contributed by atoms with Gasteiger partial charge in [-0.25, -0.2) is 0 Å². The second kappa shape index (κ2) is 9.36. The van der Waals surface area contributed by atoms with Gasteiger partial charge in [-0.05, 0) is 68.0 Å². The Morgan fingerprint density at radius 3 is 2.32 bits per heavy atom. The van der Waals surface area contributed by atoms with E-state index >= 15 is 0 Å². The molecule has 0 saturated carbocycles. The fourth-order valence-electron chi connectivity index (χ4n) is 1.90. The van der Waals surface area contributed by atoms with Crippen LogP contribution >= 0.6 is 23.8 Å². The van der Waals surface area contributed by atoms with Crippen LogP contribution in [0.5, 0.6) is 0 Å². The van der Waals surface area contributed by atoms with Crippen molar-refractivity contribution in [1.29, 1.82) is 0 Å². The number of thiocarbonyl (C=S) groups is 1. The quantitative estimate of drug-likeness (QED) is 0.545. The number of amides is 1. The van der Waals surface area contributed by atoms with E-state index in [9.17, 15) is 4.79 Å². The molecule has 0 unspecified atom stereocenters. The van der Waals surface area contributed by atoms with Gasteiger partial charge in [-0.3, -0.25) is 15.6 Å².